The first kappa shape index (κ1) is 27.1. The fourth-order valence-corrected chi connectivity index (χ4v) is 3.42. The lowest BCUT2D eigenvalue weighted by Gasteiger charge is -2.13. The average molecular weight is 525 g/mol. The van der Waals surface area contributed by atoms with Gasteiger partial charge in [-0.05, 0) is 18.1 Å². The third-order valence-electron chi connectivity index (χ3n) is 3.17. The molecule has 0 saturated carbocycles. The number of amides is 1. The summed E-state index contributed by atoms with van der Waals surface area (Å²) in [6.45, 7) is 0. The number of carboxylic acids is 1. The molecule has 174 valence electrons. The molecule has 1 heterocycles. The number of nitrogens with zero attached hydrogens (tertiary/aromatic N) is 2. The van der Waals surface area contributed by atoms with Gasteiger partial charge in [0.2, 0.25) is 0 Å². The van der Waals surface area contributed by atoms with Crippen molar-refractivity contribution in [1.82, 2.24) is 9.78 Å². The normalized spacial score (nSPS) is 12.3. The molecule has 0 aliphatic heterocycles. The molecule has 0 spiro atoms. The highest BCUT2D eigenvalue weighted by Crippen LogP contribution is 2.40. The zero-order valence-corrected chi connectivity index (χ0v) is 17.2. The minimum atomic E-state index is -5.38. The Morgan fingerprint density at radius 3 is 1.91 bits per heavy atom. The molecule has 0 radical (unpaired) electrons. The smallest absolute Gasteiger partial charge is 0.476 e. The van der Waals surface area contributed by atoms with E-state index >= 15 is 0 Å². The minimum Gasteiger partial charge on any atom is -0.476 e. The minimum absolute atomic E-state index is 0.285. The lowest BCUT2D eigenvalue weighted by molar-refractivity contribution is -0.137. The number of aromatic carboxylic acids is 1. The largest absolute Gasteiger partial charge is 0.476 e. The van der Waals surface area contributed by atoms with Crippen LogP contribution in [0.25, 0.3) is 5.69 Å². The quantitative estimate of drug-likeness (QED) is 0.415. The first-order valence-corrected chi connectivity index (χ1v) is 9.27. The number of carbonyl (C=O) groups excluding carboxylic acids is 1. The average Bonchev–Trinajstić information content (AvgIpc) is 2.96. The fraction of sp³-hybridized carbons (Fsp3) is 0.133. The van der Waals surface area contributed by atoms with Gasteiger partial charge >= 0.3 is 17.7 Å². The molecule has 1 amide bonds. The molecule has 1 aromatic carbocycles. The van der Waals surface area contributed by atoms with E-state index in [1.165, 1.54) is 0 Å². The number of aromatic nitrogens is 2. The Labute approximate surface area is 186 Å². The molecule has 0 bridgehead atoms. The molecule has 2 rings (SSSR count). The van der Waals surface area contributed by atoms with Crippen LogP contribution in [0, 0.1) is 12.3 Å². The van der Waals surface area contributed by atoms with Gasteiger partial charge in [-0.2, -0.15) is 31.4 Å². The maximum atomic E-state index is 12.8. The summed E-state index contributed by atoms with van der Waals surface area (Å²) in [6.07, 6.45) is -0.390. The van der Waals surface area contributed by atoms with Crippen molar-refractivity contribution in [3.63, 3.8) is 0 Å². The topological polar surface area (TPSA) is 141 Å². The summed E-state index contributed by atoms with van der Waals surface area (Å²) in [4.78, 5) is 19.1. The molecule has 0 saturated heterocycles. The van der Waals surface area contributed by atoms with Gasteiger partial charge in [0.05, 0.1) is 15.6 Å². The van der Waals surface area contributed by atoms with E-state index in [2.05, 4.69) is 17.3 Å². The predicted molar refractivity (Wildman–Crippen MR) is 100 cm³/mol. The zero-order valence-electron chi connectivity index (χ0n) is 14.9. The number of anilines is 1. The van der Waals surface area contributed by atoms with E-state index in [0.29, 0.717) is 12.1 Å². The van der Waals surface area contributed by atoms with Crippen molar-refractivity contribution >= 4 is 51.7 Å². The van der Waals surface area contributed by atoms with Crippen LogP contribution in [-0.2, 0) is 21.8 Å². The molecule has 0 fully saturated rings. The number of benzene rings is 1. The van der Waals surface area contributed by atoms with Crippen LogP contribution >= 0.6 is 23.2 Å². The summed E-state index contributed by atoms with van der Waals surface area (Å²) >= 11 is 11.4. The van der Waals surface area contributed by atoms with E-state index in [9.17, 15) is 40.1 Å². The van der Waals surface area contributed by atoms with Crippen LogP contribution < -0.4 is 11.5 Å². The monoisotopic (exact) mass is 524 g/mol. The van der Waals surface area contributed by atoms with Crippen molar-refractivity contribution in [2.75, 3.05) is 5.73 Å². The highest BCUT2D eigenvalue weighted by atomic mass is 35.5. The summed E-state index contributed by atoms with van der Waals surface area (Å²) in [6, 6.07) is 0.787. The molecular weight excluding hydrogens is 517 g/mol. The molecule has 5 N–H and O–H groups in total. The van der Waals surface area contributed by atoms with Crippen LogP contribution in [0.2, 0.25) is 10.0 Å². The Morgan fingerprint density at radius 2 is 1.59 bits per heavy atom. The Kier molecular flexibility index (Phi) is 8.18. The molecular formula is C15H8Cl2F6N4O4S. The Morgan fingerprint density at radius 1 is 1.16 bits per heavy atom. The summed E-state index contributed by atoms with van der Waals surface area (Å²) in [5.74, 6) is -2.12. The van der Waals surface area contributed by atoms with Gasteiger partial charge in [0.15, 0.2) is 16.5 Å². The molecule has 1 atom stereocenters. The van der Waals surface area contributed by atoms with Gasteiger partial charge in [0.25, 0.3) is 5.91 Å². The molecule has 8 nitrogen and oxygen atoms in total. The van der Waals surface area contributed by atoms with Gasteiger partial charge in [0, 0.05) is 0 Å². The van der Waals surface area contributed by atoms with Crippen LogP contribution in [0.15, 0.2) is 17.0 Å². The number of nitrogen functional groups attached to an aromatic ring is 1. The third-order valence-corrected chi connectivity index (χ3v) is 4.94. The lowest BCUT2D eigenvalue weighted by atomic mass is 10.2. The molecule has 2 aromatic rings. The van der Waals surface area contributed by atoms with Crippen LogP contribution in [-0.4, -0.2) is 36.5 Å². The second-order valence-corrected chi connectivity index (χ2v) is 7.51. The number of nitrogens with two attached hydrogens (primary N) is 2. The van der Waals surface area contributed by atoms with Gasteiger partial charge in [0.1, 0.15) is 16.4 Å². The third kappa shape index (κ3) is 6.05. The zero-order chi connectivity index (χ0) is 25.2. The standard InChI is InChI=1S/C12H5Cl2F6N3O3S.C3H3NO/c13-4-1-3(11(15,16)17)2-5(14)7(4)23-9(21)8(6(22-23)10(24)25)27(26)12(18,19)20;1-2-3(4)5/h1-2H,21H2,(H,24,25);1H,(H2,4,5). The SMILES string of the molecule is C#CC(N)=O.Nc1c(S(=O)C(F)(F)F)c(C(=O)O)nn1-c1c(Cl)cc(C(F)(F)F)cc1Cl. The number of rotatable bonds is 3. The van der Waals surface area contributed by atoms with Crippen LogP contribution in [0.1, 0.15) is 16.1 Å². The number of carboxylic acid groups (broad SMARTS) is 1. The van der Waals surface area contributed by atoms with E-state index in [1.54, 1.807) is 5.92 Å². The van der Waals surface area contributed by atoms with Crippen LogP contribution in [0.3, 0.4) is 0 Å². The Bertz CT molecular complexity index is 1120. The fourth-order valence-electron chi connectivity index (χ4n) is 1.96. The van der Waals surface area contributed by atoms with E-state index in [1.807, 2.05) is 0 Å². The molecule has 1 unspecified atom stereocenters. The van der Waals surface area contributed by atoms with Crippen LogP contribution in [0.4, 0.5) is 32.2 Å². The summed E-state index contributed by atoms with van der Waals surface area (Å²) in [5.41, 5.74) is 1.27. The molecule has 32 heavy (non-hydrogen) atoms. The summed E-state index contributed by atoms with van der Waals surface area (Å²) < 4.78 is 88.4. The van der Waals surface area contributed by atoms with Gasteiger partial charge in [-0.3, -0.25) is 4.79 Å². The maximum Gasteiger partial charge on any atom is 0.476 e. The number of carbonyl (C=O) groups is 2. The summed E-state index contributed by atoms with van der Waals surface area (Å²) in [5, 5.41) is 10.8. The van der Waals surface area contributed by atoms with Crippen LogP contribution in [0.5, 0.6) is 0 Å². The number of hydrogen-bond donors (Lipinski definition) is 3. The van der Waals surface area contributed by atoms with Crippen molar-refractivity contribution < 1.29 is 45.2 Å². The number of alkyl halides is 6. The van der Waals surface area contributed by atoms with Crippen molar-refractivity contribution in [1.29, 1.82) is 0 Å². The van der Waals surface area contributed by atoms with Crippen molar-refractivity contribution in [3.8, 4) is 18.0 Å². The van der Waals surface area contributed by atoms with Crippen molar-refractivity contribution in [3.05, 3.63) is 33.4 Å². The number of halogens is 8. The first-order valence-electron chi connectivity index (χ1n) is 7.36. The van der Waals surface area contributed by atoms with E-state index in [-0.39, 0.29) is 4.68 Å². The highest BCUT2D eigenvalue weighted by molar-refractivity contribution is 7.86. The second-order valence-electron chi connectivity index (χ2n) is 5.29. The molecule has 0 aliphatic carbocycles. The highest BCUT2D eigenvalue weighted by Gasteiger charge is 2.44. The molecule has 1 aromatic heterocycles. The number of terminal acetylenes is 1. The van der Waals surface area contributed by atoms with E-state index < -0.39 is 72.1 Å². The predicted octanol–water partition coefficient (Wildman–Crippen LogP) is 3.21. The lowest BCUT2D eigenvalue weighted by Crippen LogP contribution is -2.19. The molecule has 0 aliphatic rings. The van der Waals surface area contributed by atoms with Crippen molar-refractivity contribution in [2.45, 2.75) is 16.6 Å². The number of primary amides is 1. The van der Waals surface area contributed by atoms with E-state index in [4.69, 9.17) is 34.0 Å². The maximum absolute atomic E-state index is 12.8. The first-order chi connectivity index (χ1) is 14.4. The van der Waals surface area contributed by atoms with Gasteiger partial charge < -0.3 is 16.6 Å². The Hall–Kier alpha value is -2.96. The summed E-state index contributed by atoms with van der Waals surface area (Å²) in [7, 11) is -3.88. The van der Waals surface area contributed by atoms with Gasteiger partial charge in [-0.1, -0.05) is 23.2 Å². The second kappa shape index (κ2) is 9.67. The van der Waals surface area contributed by atoms with Crippen molar-refractivity contribution in [2.24, 2.45) is 5.73 Å². The van der Waals surface area contributed by atoms with Gasteiger partial charge in [-0.15, -0.1) is 6.42 Å². The van der Waals surface area contributed by atoms with Gasteiger partial charge in [-0.25, -0.2) is 13.7 Å². The molecule has 17 heteroatoms. The number of hydrogen-bond acceptors (Lipinski definition) is 5. The Balaban J connectivity index is 0.000000920. The van der Waals surface area contributed by atoms with E-state index in [0.717, 1.165) is 0 Å².